The summed E-state index contributed by atoms with van der Waals surface area (Å²) in [6.07, 6.45) is 2.37. The van der Waals surface area contributed by atoms with Gasteiger partial charge in [0.25, 0.3) is 0 Å². The molecule has 1 radical (unpaired) electrons. The summed E-state index contributed by atoms with van der Waals surface area (Å²) in [4.78, 5) is 5.11. The third-order valence-electron chi connectivity index (χ3n) is 3.15. The van der Waals surface area contributed by atoms with Gasteiger partial charge < -0.3 is 9.64 Å². The minimum absolute atomic E-state index is 0.701. The normalized spacial score (nSPS) is 20.0. The smallest absolute Gasteiger partial charge is 0.0700 e. The highest BCUT2D eigenvalue weighted by atomic mass is 16.5. The van der Waals surface area contributed by atoms with Gasteiger partial charge in [-0.25, -0.2) is 0 Å². The molecule has 0 spiro atoms. The minimum atomic E-state index is 0.701. The van der Waals surface area contributed by atoms with Gasteiger partial charge in [0.2, 0.25) is 0 Å². The maximum Gasteiger partial charge on any atom is 0.0700 e. The van der Waals surface area contributed by atoms with Crippen molar-refractivity contribution < 1.29 is 4.74 Å². The van der Waals surface area contributed by atoms with Crippen LogP contribution in [0.15, 0.2) is 0 Å². The van der Waals surface area contributed by atoms with E-state index in [0.29, 0.717) is 6.04 Å². The van der Waals surface area contributed by atoms with Crippen molar-refractivity contribution in [3.8, 4) is 0 Å². The fourth-order valence-corrected chi connectivity index (χ4v) is 2.04. The van der Waals surface area contributed by atoms with E-state index in [0.717, 1.165) is 13.0 Å². The predicted octanol–water partition coefficient (Wildman–Crippen LogP) is 1.60. The molecule has 3 heteroatoms. The molecular weight excluding hydrogens is 188 g/mol. The van der Waals surface area contributed by atoms with Gasteiger partial charge in [-0.15, -0.1) is 0 Å². The zero-order valence-corrected chi connectivity index (χ0v) is 10.2. The Labute approximate surface area is 94.4 Å². The van der Waals surface area contributed by atoms with E-state index >= 15 is 0 Å². The topological polar surface area (TPSA) is 15.7 Å². The summed E-state index contributed by atoms with van der Waals surface area (Å²) < 4.78 is 4.80. The Morgan fingerprint density at radius 3 is 2.33 bits per heavy atom. The van der Waals surface area contributed by atoms with Crippen LogP contribution >= 0.6 is 0 Å². The molecule has 1 rings (SSSR count). The Hall–Kier alpha value is -0.120. The summed E-state index contributed by atoms with van der Waals surface area (Å²) in [5, 5.41) is 0. The Bertz CT molecular complexity index is 154. The lowest BCUT2D eigenvalue weighted by molar-refractivity contribution is 0.105. The minimum Gasteiger partial charge on any atom is -0.379 e. The maximum atomic E-state index is 4.80. The molecule has 1 saturated heterocycles. The van der Waals surface area contributed by atoms with E-state index in [9.17, 15) is 0 Å². The molecule has 1 heterocycles. The van der Waals surface area contributed by atoms with Gasteiger partial charge in [0, 0.05) is 38.8 Å². The van der Waals surface area contributed by atoms with Crippen molar-refractivity contribution in [2.24, 2.45) is 0 Å². The SMILES string of the molecule is [CH2]OCCCCN1CCN(C(C)C)CC1. The molecule has 0 aromatic heterocycles. The molecule has 3 nitrogen and oxygen atoms in total. The fraction of sp³-hybridized carbons (Fsp3) is 0.917. The van der Waals surface area contributed by atoms with E-state index in [1.807, 2.05) is 0 Å². The Morgan fingerprint density at radius 2 is 1.80 bits per heavy atom. The second-order valence-electron chi connectivity index (χ2n) is 4.59. The molecule has 0 aliphatic carbocycles. The van der Waals surface area contributed by atoms with Crippen molar-refractivity contribution in [2.45, 2.75) is 32.7 Å². The van der Waals surface area contributed by atoms with Crippen molar-refractivity contribution >= 4 is 0 Å². The number of nitrogens with zero attached hydrogens (tertiary/aromatic N) is 2. The Balaban J connectivity index is 2.04. The Kier molecular flexibility index (Phi) is 6.22. The van der Waals surface area contributed by atoms with Crippen LogP contribution in [0.1, 0.15) is 26.7 Å². The van der Waals surface area contributed by atoms with E-state index in [2.05, 4.69) is 30.8 Å². The number of hydrogen-bond acceptors (Lipinski definition) is 3. The van der Waals surface area contributed by atoms with Crippen LogP contribution < -0.4 is 0 Å². The van der Waals surface area contributed by atoms with Gasteiger partial charge in [0.1, 0.15) is 0 Å². The second-order valence-corrected chi connectivity index (χ2v) is 4.59. The summed E-state index contributed by atoms with van der Waals surface area (Å²) in [5.41, 5.74) is 0. The maximum absolute atomic E-state index is 4.80. The molecule has 0 amide bonds. The number of ether oxygens (including phenoxy) is 1. The third-order valence-corrected chi connectivity index (χ3v) is 3.15. The monoisotopic (exact) mass is 213 g/mol. The van der Waals surface area contributed by atoms with Crippen molar-refractivity contribution in [1.82, 2.24) is 9.80 Å². The molecule has 0 atom stereocenters. The van der Waals surface area contributed by atoms with E-state index in [1.54, 1.807) is 0 Å². The van der Waals surface area contributed by atoms with Gasteiger partial charge in [-0.3, -0.25) is 4.90 Å². The van der Waals surface area contributed by atoms with Crippen molar-refractivity contribution in [3.05, 3.63) is 7.11 Å². The predicted molar refractivity (Wildman–Crippen MR) is 63.7 cm³/mol. The van der Waals surface area contributed by atoms with Gasteiger partial charge in [-0.1, -0.05) is 0 Å². The van der Waals surface area contributed by atoms with Crippen molar-refractivity contribution in [3.63, 3.8) is 0 Å². The third kappa shape index (κ3) is 4.96. The van der Waals surface area contributed by atoms with Crippen LogP contribution in [0.5, 0.6) is 0 Å². The van der Waals surface area contributed by atoms with Crippen LogP contribution in [0.2, 0.25) is 0 Å². The van der Waals surface area contributed by atoms with E-state index in [4.69, 9.17) is 4.74 Å². The molecular formula is C12H25N2O. The van der Waals surface area contributed by atoms with Gasteiger partial charge in [0.05, 0.1) is 7.11 Å². The molecule has 0 aromatic carbocycles. The lowest BCUT2D eigenvalue weighted by atomic mass is 10.2. The number of unbranched alkanes of at least 4 members (excludes halogenated alkanes) is 1. The summed E-state index contributed by atoms with van der Waals surface area (Å²) >= 11 is 0. The van der Waals surface area contributed by atoms with Crippen LogP contribution in [0, 0.1) is 7.11 Å². The van der Waals surface area contributed by atoms with E-state index in [-0.39, 0.29) is 0 Å². The molecule has 0 aromatic rings. The molecule has 1 aliphatic heterocycles. The quantitative estimate of drug-likeness (QED) is 0.623. The van der Waals surface area contributed by atoms with Crippen molar-refractivity contribution in [1.29, 1.82) is 0 Å². The first kappa shape index (κ1) is 12.9. The molecule has 1 fully saturated rings. The highest BCUT2D eigenvalue weighted by molar-refractivity contribution is 4.73. The largest absolute Gasteiger partial charge is 0.379 e. The van der Waals surface area contributed by atoms with E-state index in [1.165, 1.54) is 39.1 Å². The van der Waals surface area contributed by atoms with Gasteiger partial charge in [-0.05, 0) is 33.2 Å². The van der Waals surface area contributed by atoms with Gasteiger partial charge in [0.15, 0.2) is 0 Å². The van der Waals surface area contributed by atoms with Gasteiger partial charge in [-0.2, -0.15) is 0 Å². The highest BCUT2D eigenvalue weighted by Gasteiger charge is 2.17. The average Bonchev–Trinajstić information content (AvgIpc) is 2.25. The number of rotatable bonds is 6. The average molecular weight is 213 g/mol. The van der Waals surface area contributed by atoms with Crippen LogP contribution in [-0.2, 0) is 4.74 Å². The van der Waals surface area contributed by atoms with Crippen LogP contribution in [-0.4, -0.2) is 55.2 Å². The summed E-state index contributed by atoms with van der Waals surface area (Å²) in [5.74, 6) is 0. The summed E-state index contributed by atoms with van der Waals surface area (Å²) in [7, 11) is 3.38. The summed E-state index contributed by atoms with van der Waals surface area (Å²) in [6.45, 7) is 11.5. The molecule has 1 aliphatic rings. The standard InChI is InChI=1S/C12H25N2O/c1-12(2)14-9-7-13(8-10-14)6-4-5-11-15-3/h12H,3-11H2,1-2H3. The lowest BCUT2D eigenvalue weighted by Gasteiger charge is -2.36. The van der Waals surface area contributed by atoms with E-state index < -0.39 is 0 Å². The van der Waals surface area contributed by atoms with Crippen LogP contribution in [0.4, 0.5) is 0 Å². The molecule has 0 N–H and O–H groups in total. The Morgan fingerprint density at radius 1 is 1.13 bits per heavy atom. The molecule has 89 valence electrons. The summed E-state index contributed by atoms with van der Waals surface area (Å²) in [6, 6.07) is 0.701. The zero-order chi connectivity index (χ0) is 11.1. The first-order chi connectivity index (χ1) is 7.24. The molecule has 0 bridgehead atoms. The molecule has 15 heavy (non-hydrogen) atoms. The van der Waals surface area contributed by atoms with Gasteiger partial charge >= 0.3 is 0 Å². The van der Waals surface area contributed by atoms with Crippen molar-refractivity contribution in [2.75, 3.05) is 39.3 Å². The fourth-order valence-electron chi connectivity index (χ4n) is 2.04. The number of piperazine rings is 1. The first-order valence-corrected chi connectivity index (χ1v) is 6.07. The highest BCUT2D eigenvalue weighted by Crippen LogP contribution is 2.06. The first-order valence-electron chi connectivity index (χ1n) is 6.07. The molecule has 0 saturated carbocycles. The van der Waals surface area contributed by atoms with Crippen LogP contribution in [0.3, 0.4) is 0 Å². The zero-order valence-electron chi connectivity index (χ0n) is 10.2. The molecule has 0 unspecified atom stereocenters. The van der Waals surface area contributed by atoms with Crippen LogP contribution in [0.25, 0.3) is 0 Å². The number of hydrogen-bond donors (Lipinski definition) is 0. The lowest BCUT2D eigenvalue weighted by Crippen LogP contribution is -2.48. The second kappa shape index (κ2) is 7.20.